The molecule has 4 aromatic rings. The van der Waals surface area contributed by atoms with Crippen molar-refractivity contribution >= 4 is 52.6 Å². The number of rotatable bonds is 9. The summed E-state index contributed by atoms with van der Waals surface area (Å²) in [7, 11) is 0. The van der Waals surface area contributed by atoms with Gasteiger partial charge in [0.25, 0.3) is 6.47 Å². The zero-order chi connectivity index (χ0) is 25.7. The molecule has 2 aliphatic carbocycles. The van der Waals surface area contributed by atoms with Gasteiger partial charge in [0, 0.05) is 27.8 Å². The molecule has 0 amide bonds. The van der Waals surface area contributed by atoms with E-state index >= 15 is 0 Å². The van der Waals surface area contributed by atoms with Crippen molar-refractivity contribution in [1.82, 2.24) is 10.1 Å². The number of hydrogen-bond donors (Lipinski definition) is 0. The van der Waals surface area contributed by atoms with Crippen molar-refractivity contribution < 1.29 is 18.8 Å². The fraction of sp³-hybridized carbons (Fsp3) is 0.296. The van der Waals surface area contributed by atoms with E-state index in [1.54, 1.807) is 24.4 Å². The molecule has 0 aliphatic heterocycles. The Morgan fingerprint density at radius 2 is 1.95 bits per heavy atom. The van der Waals surface area contributed by atoms with Crippen LogP contribution in [0.1, 0.15) is 59.9 Å². The zero-order valence-electron chi connectivity index (χ0n) is 19.7. The first-order valence-electron chi connectivity index (χ1n) is 11.8. The Balaban J connectivity index is 1.22. The van der Waals surface area contributed by atoms with Crippen LogP contribution in [0, 0.1) is 0 Å². The highest BCUT2D eigenvalue weighted by Crippen LogP contribution is 2.62. The zero-order valence-corrected chi connectivity index (χ0v) is 22.8. The summed E-state index contributed by atoms with van der Waals surface area (Å²) >= 11 is 21.1. The molecule has 2 aromatic carbocycles. The molecule has 2 unspecified atom stereocenters. The Morgan fingerprint density at radius 3 is 2.65 bits per heavy atom. The topological polar surface area (TPSA) is 74.5 Å². The van der Waals surface area contributed by atoms with Crippen LogP contribution in [0.25, 0.3) is 11.3 Å². The Labute approximate surface area is 232 Å². The maximum absolute atomic E-state index is 10.6. The number of carbonyl (C=O) groups excluding carboxylic acids is 1. The van der Waals surface area contributed by atoms with E-state index in [-0.39, 0.29) is 17.9 Å². The van der Waals surface area contributed by atoms with Gasteiger partial charge in [0.1, 0.15) is 28.8 Å². The predicted molar refractivity (Wildman–Crippen MR) is 143 cm³/mol. The molecule has 0 saturated heterocycles. The lowest BCUT2D eigenvalue weighted by Gasteiger charge is -2.15. The van der Waals surface area contributed by atoms with Crippen LogP contribution in [0.2, 0.25) is 15.1 Å². The summed E-state index contributed by atoms with van der Waals surface area (Å²) in [5, 5.41) is 7.39. The van der Waals surface area contributed by atoms with Crippen molar-refractivity contribution in [3.8, 4) is 22.1 Å². The molecule has 6 nitrogen and oxygen atoms in total. The monoisotopic (exact) mass is 574 g/mol. The molecule has 2 heterocycles. The Morgan fingerprint density at radius 1 is 1.16 bits per heavy atom. The number of hydrogen-bond acceptors (Lipinski definition) is 7. The number of aromatic nitrogens is 2. The average molecular weight is 576 g/mol. The fourth-order valence-electron chi connectivity index (χ4n) is 4.81. The van der Waals surface area contributed by atoms with Crippen molar-refractivity contribution in [3.05, 3.63) is 79.6 Å². The largest absolute Gasteiger partial charge is 0.489 e. The Hall–Kier alpha value is -2.58. The van der Waals surface area contributed by atoms with E-state index in [0.29, 0.717) is 49.5 Å². The fourth-order valence-corrected chi connectivity index (χ4v) is 6.76. The summed E-state index contributed by atoms with van der Waals surface area (Å²) in [6.45, 7) is 2.83. The quantitative estimate of drug-likeness (QED) is 0.187. The molecule has 10 heteroatoms. The molecular weight excluding hydrogens is 555 g/mol. The second-order valence-electron chi connectivity index (χ2n) is 9.58. The smallest absolute Gasteiger partial charge is 0.299 e. The SMILES string of the molecule is CC1(c2ccc(OCc3c(-c4c(Cl)cccc4Cl)noc3C3CC3)cc2Cl)CC1c1ncc(OC=O)s1. The average Bonchev–Trinajstić information content (AvgIpc) is 3.73. The van der Waals surface area contributed by atoms with E-state index in [2.05, 4.69) is 17.1 Å². The summed E-state index contributed by atoms with van der Waals surface area (Å²) in [6, 6.07) is 11.1. The van der Waals surface area contributed by atoms with Crippen LogP contribution >= 0.6 is 46.1 Å². The third-order valence-electron chi connectivity index (χ3n) is 7.11. The van der Waals surface area contributed by atoms with Crippen LogP contribution in [0.3, 0.4) is 0 Å². The molecule has 2 atom stereocenters. The maximum Gasteiger partial charge on any atom is 0.299 e. The van der Waals surface area contributed by atoms with Crippen LogP contribution in [0.15, 0.2) is 47.1 Å². The van der Waals surface area contributed by atoms with Gasteiger partial charge in [0.05, 0.1) is 21.8 Å². The number of ether oxygens (including phenoxy) is 2. The third-order valence-corrected chi connectivity index (χ3v) is 9.05. The minimum Gasteiger partial charge on any atom is -0.489 e. The molecule has 0 spiro atoms. The van der Waals surface area contributed by atoms with Crippen molar-refractivity contribution in [1.29, 1.82) is 0 Å². The van der Waals surface area contributed by atoms with Crippen molar-refractivity contribution in [2.75, 3.05) is 0 Å². The van der Waals surface area contributed by atoms with Crippen LogP contribution in [0.5, 0.6) is 10.8 Å². The number of benzene rings is 2. The van der Waals surface area contributed by atoms with Gasteiger partial charge in [-0.2, -0.15) is 0 Å². The summed E-state index contributed by atoms with van der Waals surface area (Å²) in [6.07, 6.45) is 4.60. The highest BCUT2D eigenvalue weighted by Gasteiger charge is 2.54. The molecule has 2 saturated carbocycles. The maximum atomic E-state index is 10.6. The summed E-state index contributed by atoms with van der Waals surface area (Å²) < 4.78 is 16.8. The number of nitrogens with zero attached hydrogens (tertiary/aromatic N) is 2. The van der Waals surface area contributed by atoms with Gasteiger partial charge < -0.3 is 14.0 Å². The second kappa shape index (κ2) is 9.62. The molecule has 190 valence electrons. The second-order valence-corrected chi connectivity index (χ2v) is 11.8. The third kappa shape index (κ3) is 4.63. The van der Waals surface area contributed by atoms with E-state index in [4.69, 9.17) is 48.8 Å². The summed E-state index contributed by atoms with van der Waals surface area (Å²) in [5.41, 5.74) is 2.99. The number of thiazole rings is 1. The molecule has 0 N–H and O–H groups in total. The number of halogens is 3. The predicted octanol–water partition coefficient (Wildman–Crippen LogP) is 8.20. The van der Waals surface area contributed by atoms with Gasteiger partial charge in [-0.25, -0.2) is 4.98 Å². The minimum absolute atomic E-state index is 0.145. The Kier molecular flexibility index (Phi) is 6.43. The van der Waals surface area contributed by atoms with Crippen LogP contribution in [0.4, 0.5) is 0 Å². The first kappa shape index (κ1) is 24.7. The Bertz CT molecular complexity index is 1480. The van der Waals surface area contributed by atoms with E-state index in [0.717, 1.165) is 41.2 Å². The minimum atomic E-state index is -0.145. The van der Waals surface area contributed by atoms with Crippen molar-refractivity contribution in [2.24, 2.45) is 0 Å². The van der Waals surface area contributed by atoms with Crippen LogP contribution in [-0.4, -0.2) is 16.6 Å². The summed E-state index contributed by atoms with van der Waals surface area (Å²) in [5.74, 6) is 2.02. The molecule has 0 radical (unpaired) electrons. The van der Waals surface area contributed by atoms with E-state index in [9.17, 15) is 4.79 Å². The molecule has 0 bridgehead atoms. The van der Waals surface area contributed by atoms with Gasteiger partial charge in [-0.05, 0) is 49.1 Å². The van der Waals surface area contributed by atoms with Gasteiger partial charge >= 0.3 is 0 Å². The highest BCUT2D eigenvalue weighted by atomic mass is 35.5. The van der Waals surface area contributed by atoms with Gasteiger partial charge in [-0.3, -0.25) is 4.79 Å². The normalized spacial score (nSPS) is 20.6. The first-order valence-corrected chi connectivity index (χ1v) is 13.8. The van der Waals surface area contributed by atoms with Gasteiger partial charge in [0.15, 0.2) is 0 Å². The molecule has 2 fully saturated rings. The molecule has 2 aliphatic rings. The van der Waals surface area contributed by atoms with Gasteiger partial charge in [0.2, 0.25) is 5.06 Å². The van der Waals surface area contributed by atoms with E-state index in [1.807, 2.05) is 18.2 Å². The standard InChI is InChI=1S/C27H21Cl3N2O4S/c1-27(10-18(27)26-31-11-22(37-26)35-13-33)17-8-7-15(9-21(17)30)34-12-16-24(32-36-25(16)14-5-6-14)23-19(28)3-2-4-20(23)29/h2-4,7-9,11,13-14,18H,5-6,10,12H2,1H3. The lowest BCUT2D eigenvalue weighted by molar-refractivity contribution is -0.120. The molecular formula is C27H21Cl3N2O4S. The summed E-state index contributed by atoms with van der Waals surface area (Å²) in [4.78, 5) is 15.0. The lowest BCUT2D eigenvalue weighted by Crippen LogP contribution is -2.05. The highest BCUT2D eigenvalue weighted by molar-refractivity contribution is 7.13. The van der Waals surface area contributed by atoms with Gasteiger partial charge in [-0.1, -0.05) is 70.4 Å². The van der Waals surface area contributed by atoms with Crippen LogP contribution in [-0.2, 0) is 16.8 Å². The molecule has 37 heavy (non-hydrogen) atoms. The lowest BCUT2D eigenvalue weighted by atomic mass is 9.95. The van der Waals surface area contributed by atoms with Crippen LogP contribution < -0.4 is 9.47 Å². The van der Waals surface area contributed by atoms with E-state index < -0.39 is 0 Å². The van der Waals surface area contributed by atoms with E-state index in [1.165, 1.54) is 11.3 Å². The molecule has 2 aromatic heterocycles. The number of carbonyl (C=O) groups is 1. The molecule has 6 rings (SSSR count). The van der Waals surface area contributed by atoms with Crippen molar-refractivity contribution in [3.63, 3.8) is 0 Å². The van der Waals surface area contributed by atoms with Crippen molar-refractivity contribution in [2.45, 2.75) is 50.0 Å². The first-order chi connectivity index (χ1) is 17.9. The van der Waals surface area contributed by atoms with Gasteiger partial charge in [-0.15, -0.1) is 0 Å².